The lowest BCUT2D eigenvalue weighted by molar-refractivity contribution is -0.146. The predicted octanol–water partition coefficient (Wildman–Crippen LogP) is 4.07. The van der Waals surface area contributed by atoms with Gasteiger partial charge < -0.3 is 10.1 Å². The van der Waals surface area contributed by atoms with Crippen LogP contribution in [0.5, 0.6) is 11.5 Å². The van der Waals surface area contributed by atoms with Crippen molar-refractivity contribution in [2.45, 2.75) is 32.7 Å². The van der Waals surface area contributed by atoms with Crippen LogP contribution in [-0.2, 0) is 14.4 Å². The van der Waals surface area contributed by atoms with Crippen molar-refractivity contribution in [3.8, 4) is 11.5 Å². The van der Waals surface area contributed by atoms with Gasteiger partial charge in [0.1, 0.15) is 17.5 Å². The normalized spacial score (nSPS) is 21.3. The maximum Gasteiger partial charge on any atom is 0.247 e. The summed E-state index contributed by atoms with van der Waals surface area (Å²) in [5.74, 6) is -0.185. The molecule has 30 heavy (non-hydrogen) atoms. The quantitative estimate of drug-likeness (QED) is 0.602. The van der Waals surface area contributed by atoms with Gasteiger partial charge in [-0.25, -0.2) is 0 Å². The van der Waals surface area contributed by atoms with Gasteiger partial charge in [0.2, 0.25) is 17.7 Å². The number of rotatable bonds is 5. The number of anilines is 1. The second kappa shape index (κ2) is 8.14. The molecular formula is C24H24N2O4. The molecule has 2 aliphatic rings. The van der Waals surface area contributed by atoms with Crippen LogP contribution in [0.4, 0.5) is 5.69 Å². The van der Waals surface area contributed by atoms with Crippen molar-refractivity contribution in [2.75, 3.05) is 5.32 Å². The number of likely N-dealkylation sites (tertiary alicyclic amines) is 1. The predicted molar refractivity (Wildman–Crippen MR) is 113 cm³/mol. The molecule has 1 aliphatic heterocycles. The molecule has 2 aromatic carbocycles. The molecular weight excluding hydrogens is 380 g/mol. The van der Waals surface area contributed by atoms with Gasteiger partial charge in [0.25, 0.3) is 0 Å². The highest BCUT2D eigenvalue weighted by atomic mass is 16.5. The Morgan fingerprint density at radius 2 is 1.63 bits per heavy atom. The van der Waals surface area contributed by atoms with E-state index in [4.69, 9.17) is 4.74 Å². The van der Waals surface area contributed by atoms with E-state index in [-0.39, 0.29) is 23.7 Å². The van der Waals surface area contributed by atoms with E-state index in [1.807, 2.05) is 43.3 Å². The SMILES string of the molecule is Cc1cccc(Oc2ccc(NC(=O)[C@H](C)N3C(=O)[C@@H]4CC=CC[C@H]4C3=O)cc2)c1. The minimum Gasteiger partial charge on any atom is -0.457 e. The van der Waals surface area contributed by atoms with Gasteiger partial charge in [-0.3, -0.25) is 19.3 Å². The fourth-order valence-electron chi connectivity index (χ4n) is 3.99. The first-order valence-corrected chi connectivity index (χ1v) is 10.1. The minimum absolute atomic E-state index is 0.251. The van der Waals surface area contributed by atoms with Crippen molar-refractivity contribution in [2.24, 2.45) is 11.8 Å². The van der Waals surface area contributed by atoms with Gasteiger partial charge in [0.15, 0.2) is 0 Å². The second-order valence-electron chi connectivity index (χ2n) is 7.81. The van der Waals surface area contributed by atoms with Gasteiger partial charge in [-0.1, -0.05) is 24.3 Å². The minimum atomic E-state index is -0.862. The van der Waals surface area contributed by atoms with Crippen LogP contribution in [0.1, 0.15) is 25.3 Å². The molecule has 0 bridgehead atoms. The van der Waals surface area contributed by atoms with Gasteiger partial charge in [-0.05, 0) is 68.7 Å². The third-order valence-corrected chi connectivity index (χ3v) is 5.66. The number of carbonyl (C=O) groups is 3. The number of imide groups is 1. The molecule has 6 heteroatoms. The number of nitrogens with zero attached hydrogens (tertiary/aromatic N) is 1. The Hall–Kier alpha value is -3.41. The number of hydrogen-bond acceptors (Lipinski definition) is 4. The van der Waals surface area contributed by atoms with Crippen molar-refractivity contribution in [3.05, 3.63) is 66.2 Å². The maximum atomic E-state index is 12.7. The summed E-state index contributed by atoms with van der Waals surface area (Å²) in [4.78, 5) is 39.2. The third-order valence-electron chi connectivity index (χ3n) is 5.66. The zero-order valence-corrected chi connectivity index (χ0v) is 17.0. The molecule has 154 valence electrons. The highest BCUT2D eigenvalue weighted by Crippen LogP contribution is 2.36. The summed E-state index contributed by atoms with van der Waals surface area (Å²) in [6.07, 6.45) is 4.98. The summed E-state index contributed by atoms with van der Waals surface area (Å²) >= 11 is 0. The van der Waals surface area contributed by atoms with Crippen molar-refractivity contribution in [1.82, 2.24) is 4.90 Å². The number of hydrogen-bond donors (Lipinski definition) is 1. The molecule has 0 saturated carbocycles. The van der Waals surface area contributed by atoms with Crippen LogP contribution >= 0.6 is 0 Å². The molecule has 2 aromatic rings. The van der Waals surface area contributed by atoms with E-state index in [0.29, 0.717) is 24.3 Å². The Morgan fingerprint density at radius 1 is 1.00 bits per heavy atom. The summed E-state index contributed by atoms with van der Waals surface area (Å²) in [5.41, 5.74) is 1.67. The molecule has 0 unspecified atom stereocenters. The monoisotopic (exact) mass is 404 g/mol. The number of benzene rings is 2. The summed E-state index contributed by atoms with van der Waals surface area (Å²) < 4.78 is 5.81. The number of amides is 3. The molecule has 6 nitrogen and oxygen atoms in total. The Labute approximate surface area is 175 Å². The zero-order valence-electron chi connectivity index (χ0n) is 17.0. The number of carbonyl (C=O) groups excluding carboxylic acids is 3. The summed E-state index contributed by atoms with van der Waals surface area (Å²) in [6, 6.07) is 13.8. The van der Waals surface area contributed by atoms with Crippen LogP contribution < -0.4 is 10.1 Å². The van der Waals surface area contributed by atoms with Gasteiger partial charge >= 0.3 is 0 Å². The largest absolute Gasteiger partial charge is 0.457 e. The summed E-state index contributed by atoms with van der Waals surface area (Å²) in [6.45, 7) is 3.58. The molecule has 1 aliphatic carbocycles. The maximum absolute atomic E-state index is 12.7. The van der Waals surface area contributed by atoms with Crippen molar-refractivity contribution >= 4 is 23.4 Å². The smallest absolute Gasteiger partial charge is 0.247 e. The fraction of sp³-hybridized carbons (Fsp3) is 0.292. The molecule has 1 N–H and O–H groups in total. The molecule has 1 saturated heterocycles. The first-order chi connectivity index (χ1) is 14.4. The Kier molecular flexibility index (Phi) is 5.40. The van der Waals surface area contributed by atoms with Crippen LogP contribution in [-0.4, -0.2) is 28.7 Å². The van der Waals surface area contributed by atoms with Crippen LogP contribution in [0.15, 0.2) is 60.7 Å². The Morgan fingerprint density at radius 3 is 2.23 bits per heavy atom. The lowest BCUT2D eigenvalue weighted by Crippen LogP contribution is -2.46. The number of ether oxygens (including phenoxy) is 1. The second-order valence-corrected chi connectivity index (χ2v) is 7.81. The average Bonchev–Trinajstić information content (AvgIpc) is 2.99. The van der Waals surface area contributed by atoms with E-state index in [9.17, 15) is 14.4 Å². The van der Waals surface area contributed by atoms with Gasteiger partial charge in [-0.2, -0.15) is 0 Å². The topological polar surface area (TPSA) is 75.7 Å². The molecule has 0 radical (unpaired) electrons. The molecule has 4 rings (SSSR count). The molecule has 1 heterocycles. The van der Waals surface area contributed by atoms with Crippen LogP contribution in [0.25, 0.3) is 0 Å². The number of aryl methyl sites for hydroxylation is 1. The van der Waals surface area contributed by atoms with Crippen molar-refractivity contribution in [3.63, 3.8) is 0 Å². The average molecular weight is 404 g/mol. The Balaban J connectivity index is 1.40. The highest BCUT2D eigenvalue weighted by molar-refractivity contribution is 6.10. The van der Waals surface area contributed by atoms with Crippen LogP contribution in [0.3, 0.4) is 0 Å². The first-order valence-electron chi connectivity index (χ1n) is 10.1. The van der Waals surface area contributed by atoms with E-state index < -0.39 is 11.9 Å². The number of fused-ring (bicyclic) bond motifs is 1. The van der Waals surface area contributed by atoms with Gasteiger partial charge in [-0.15, -0.1) is 0 Å². The summed E-state index contributed by atoms with van der Waals surface area (Å²) in [5, 5.41) is 2.78. The standard InChI is InChI=1S/C24H24N2O4/c1-15-6-5-7-19(14-15)30-18-12-10-17(11-13-18)25-22(27)16(2)26-23(28)20-8-3-4-9-21(20)24(26)29/h3-7,10-14,16,20-21H,8-9H2,1-2H3,(H,25,27)/t16-,20+,21+/m0/s1. The molecule has 3 amide bonds. The van der Waals surface area contributed by atoms with E-state index in [2.05, 4.69) is 5.32 Å². The van der Waals surface area contributed by atoms with Gasteiger partial charge in [0, 0.05) is 5.69 Å². The number of nitrogens with one attached hydrogen (secondary N) is 1. The summed E-state index contributed by atoms with van der Waals surface area (Å²) in [7, 11) is 0. The van der Waals surface area contributed by atoms with Crippen molar-refractivity contribution < 1.29 is 19.1 Å². The van der Waals surface area contributed by atoms with Crippen LogP contribution in [0, 0.1) is 18.8 Å². The highest BCUT2D eigenvalue weighted by Gasteiger charge is 2.50. The fourth-order valence-corrected chi connectivity index (χ4v) is 3.99. The van der Waals surface area contributed by atoms with Crippen LogP contribution in [0.2, 0.25) is 0 Å². The lowest BCUT2D eigenvalue weighted by Gasteiger charge is -2.22. The zero-order chi connectivity index (χ0) is 21.3. The molecule has 3 atom stereocenters. The number of allylic oxidation sites excluding steroid dienone is 2. The van der Waals surface area contributed by atoms with E-state index in [1.165, 1.54) is 0 Å². The van der Waals surface area contributed by atoms with E-state index >= 15 is 0 Å². The molecule has 0 spiro atoms. The van der Waals surface area contributed by atoms with Gasteiger partial charge in [0.05, 0.1) is 11.8 Å². The molecule has 1 fully saturated rings. The first kappa shape index (κ1) is 19.9. The van der Waals surface area contributed by atoms with E-state index in [1.54, 1.807) is 31.2 Å². The van der Waals surface area contributed by atoms with E-state index in [0.717, 1.165) is 16.2 Å². The lowest BCUT2D eigenvalue weighted by atomic mass is 9.85. The third kappa shape index (κ3) is 3.85. The van der Waals surface area contributed by atoms with Crippen molar-refractivity contribution in [1.29, 1.82) is 0 Å². The Bertz CT molecular complexity index is 986. The molecule has 0 aromatic heterocycles.